The minimum atomic E-state index is -4.50. The molecule has 3 heterocycles. The Morgan fingerprint density at radius 1 is 1.22 bits per heavy atom. The molecule has 0 unspecified atom stereocenters. The molecule has 0 spiro atoms. The van der Waals surface area contributed by atoms with Crippen molar-refractivity contribution in [2.75, 3.05) is 12.4 Å². The first-order chi connectivity index (χ1) is 15.0. The van der Waals surface area contributed by atoms with Crippen LogP contribution in [0.5, 0.6) is 0 Å². The van der Waals surface area contributed by atoms with Crippen LogP contribution in [-0.2, 0) is 13.6 Å². The number of aromatic nitrogens is 4. The highest BCUT2D eigenvalue weighted by atomic mass is 19.4. The number of benzene rings is 1. The van der Waals surface area contributed by atoms with E-state index in [1.807, 2.05) is 44.3 Å². The van der Waals surface area contributed by atoms with E-state index >= 15 is 0 Å². The molecule has 4 rings (SSSR count). The van der Waals surface area contributed by atoms with Gasteiger partial charge in [0.1, 0.15) is 5.82 Å². The zero-order valence-electron chi connectivity index (χ0n) is 18.3. The Morgan fingerprint density at radius 3 is 2.50 bits per heavy atom. The lowest BCUT2D eigenvalue weighted by Crippen LogP contribution is -2.35. The lowest BCUT2D eigenvalue weighted by molar-refractivity contribution is -0.173. The first kappa shape index (κ1) is 21.9. The summed E-state index contributed by atoms with van der Waals surface area (Å²) in [4.78, 5) is 14.4. The van der Waals surface area contributed by atoms with Crippen molar-refractivity contribution < 1.29 is 18.0 Å². The van der Waals surface area contributed by atoms with E-state index in [0.717, 1.165) is 27.1 Å². The molecule has 7 nitrogen and oxygen atoms in total. The number of nitrogens with zero attached hydrogens (tertiary/aromatic N) is 5. The second-order valence-electron chi connectivity index (χ2n) is 8.33. The van der Waals surface area contributed by atoms with Crippen LogP contribution in [0.3, 0.4) is 0 Å². The van der Waals surface area contributed by atoms with Gasteiger partial charge in [0.15, 0.2) is 11.7 Å². The van der Waals surface area contributed by atoms with Gasteiger partial charge in [-0.25, -0.2) is 4.68 Å². The number of carbonyl (C=O) groups excluding carboxylic acids is 1. The quantitative estimate of drug-likeness (QED) is 0.653. The molecule has 1 aromatic carbocycles. The lowest BCUT2D eigenvalue weighted by Gasteiger charge is -2.33. The van der Waals surface area contributed by atoms with Crippen LogP contribution in [0.15, 0.2) is 36.5 Å². The molecule has 2 aromatic heterocycles. The van der Waals surface area contributed by atoms with Crippen LogP contribution in [0.1, 0.15) is 51.4 Å². The van der Waals surface area contributed by atoms with Gasteiger partial charge < -0.3 is 10.2 Å². The Labute approximate surface area is 183 Å². The van der Waals surface area contributed by atoms with Gasteiger partial charge in [-0.05, 0) is 19.4 Å². The van der Waals surface area contributed by atoms with Crippen molar-refractivity contribution in [1.82, 2.24) is 24.5 Å². The molecular formula is C22H25F3N6O. The smallest absolute Gasteiger partial charge is 0.363 e. The molecule has 1 aliphatic rings. The van der Waals surface area contributed by atoms with Gasteiger partial charge in [-0.3, -0.25) is 9.48 Å². The summed E-state index contributed by atoms with van der Waals surface area (Å²) in [5.74, 6) is -0.275. The largest absolute Gasteiger partial charge is 0.410 e. The van der Waals surface area contributed by atoms with E-state index in [4.69, 9.17) is 0 Å². The fourth-order valence-corrected chi connectivity index (χ4v) is 4.02. The van der Waals surface area contributed by atoms with Gasteiger partial charge in [-0.15, -0.1) is 0 Å². The number of rotatable bonds is 4. The minimum Gasteiger partial charge on any atom is -0.363 e. The maximum atomic E-state index is 13.9. The van der Waals surface area contributed by atoms with Crippen molar-refractivity contribution in [1.29, 1.82) is 0 Å². The van der Waals surface area contributed by atoms with Crippen LogP contribution in [0.2, 0.25) is 0 Å². The molecule has 32 heavy (non-hydrogen) atoms. The average Bonchev–Trinajstić information content (AvgIpc) is 3.28. The first-order valence-corrected chi connectivity index (χ1v) is 10.3. The van der Waals surface area contributed by atoms with Gasteiger partial charge in [0.25, 0.3) is 5.91 Å². The third-order valence-electron chi connectivity index (χ3n) is 5.76. The molecule has 0 fully saturated rings. The van der Waals surface area contributed by atoms with Gasteiger partial charge in [-0.1, -0.05) is 29.8 Å². The predicted molar refractivity (Wildman–Crippen MR) is 113 cm³/mol. The molecule has 0 radical (unpaired) electrons. The summed E-state index contributed by atoms with van der Waals surface area (Å²) in [5, 5.41) is 11.4. The molecule has 0 saturated carbocycles. The molecule has 3 aromatic rings. The fraction of sp³-hybridized carbons (Fsp3) is 0.409. The Kier molecular flexibility index (Phi) is 5.47. The summed E-state index contributed by atoms with van der Waals surface area (Å²) >= 11 is 0. The molecule has 0 aliphatic carbocycles. The highest BCUT2D eigenvalue weighted by molar-refractivity contribution is 5.93. The van der Waals surface area contributed by atoms with Crippen molar-refractivity contribution in [2.24, 2.45) is 7.05 Å². The average molecular weight is 446 g/mol. The van der Waals surface area contributed by atoms with Gasteiger partial charge in [0, 0.05) is 44.9 Å². The van der Waals surface area contributed by atoms with E-state index in [1.54, 1.807) is 18.8 Å². The highest BCUT2D eigenvalue weighted by Crippen LogP contribution is 2.43. The zero-order chi connectivity index (χ0) is 23.2. The topological polar surface area (TPSA) is 68.0 Å². The van der Waals surface area contributed by atoms with E-state index in [-0.39, 0.29) is 24.5 Å². The van der Waals surface area contributed by atoms with Crippen molar-refractivity contribution in [2.45, 2.75) is 45.1 Å². The Hall–Kier alpha value is -3.30. The van der Waals surface area contributed by atoms with Crippen LogP contribution >= 0.6 is 0 Å². The third-order valence-corrected chi connectivity index (χ3v) is 5.76. The van der Waals surface area contributed by atoms with Crippen LogP contribution in [-0.4, -0.2) is 43.6 Å². The van der Waals surface area contributed by atoms with Crippen LogP contribution in [0.4, 0.5) is 19.0 Å². The number of halogens is 3. The van der Waals surface area contributed by atoms with E-state index in [1.165, 1.54) is 11.0 Å². The summed E-state index contributed by atoms with van der Waals surface area (Å²) in [6.45, 7) is 4.04. The summed E-state index contributed by atoms with van der Waals surface area (Å²) in [5.41, 5.74) is 3.40. The second kappa shape index (κ2) is 7.99. The summed E-state index contributed by atoms with van der Waals surface area (Å²) in [7, 11) is 3.38. The number of nitrogens with one attached hydrogen (secondary N) is 1. The Morgan fingerprint density at radius 2 is 1.91 bits per heavy atom. The lowest BCUT2D eigenvalue weighted by atomic mass is 9.96. The zero-order valence-corrected chi connectivity index (χ0v) is 18.3. The number of amides is 1. The maximum absolute atomic E-state index is 13.9. The van der Waals surface area contributed by atoms with Gasteiger partial charge >= 0.3 is 6.18 Å². The van der Waals surface area contributed by atoms with E-state index < -0.39 is 24.2 Å². The summed E-state index contributed by atoms with van der Waals surface area (Å²) in [6, 6.07) is 6.42. The van der Waals surface area contributed by atoms with Crippen LogP contribution < -0.4 is 5.32 Å². The van der Waals surface area contributed by atoms with E-state index in [9.17, 15) is 18.0 Å². The summed E-state index contributed by atoms with van der Waals surface area (Å²) < 4.78 is 44.2. The Bertz CT molecular complexity index is 1130. The van der Waals surface area contributed by atoms with E-state index in [2.05, 4.69) is 15.5 Å². The molecule has 0 bridgehead atoms. The van der Waals surface area contributed by atoms with Crippen LogP contribution in [0, 0.1) is 13.8 Å². The normalized spacial score (nSPS) is 18.2. The van der Waals surface area contributed by atoms with Crippen molar-refractivity contribution in [3.63, 3.8) is 0 Å². The third kappa shape index (κ3) is 4.21. The highest BCUT2D eigenvalue weighted by Gasteiger charge is 2.46. The second-order valence-corrected chi connectivity index (χ2v) is 8.33. The number of hydrogen-bond acceptors (Lipinski definition) is 4. The standard InChI is InChI=1S/C22H25F3N6O/c1-13-5-7-15(8-6-13)17-9-19(22(23,24)25)31-20(26-17)10-18(28-31)21(32)29(3)11-16-12-30(4)27-14(16)2/h5-8,10,12,17,19,26H,9,11H2,1-4H3/t17-,19-/m1/s1. The summed E-state index contributed by atoms with van der Waals surface area (Å²) in [6.07, 6.45) is -2.89. The van der Waals surface area contributed by atoms with Gasteiger partial charge in [0.05, 0.1) is 11.7 Å². The number of hydrogen-bond donors (Lipinski definition) is 1. The number of aryl methyl sites for hydroxylation is 3. The van der Waals surface area contributed by atoms with Crippen molar-refractivity contribution >= 4 is 11.7 Å². The van der Waals surface area contributed by atoms with E-state index in [0.29, 0.717) is 0 Å². The monoisotopic (exact) mass is 446 g/mol. The minimum absolute atomic E-state index is 0.0321. The molecule has 2 atom stereocenters. The molecular weight excluding hydrogens is 421 g/mol. The fourth-order valence-electron chi connectivity index (χ4n) is 4.02. The number of alkyl halides is 3. The number of carbonyl (C=O) groups is 1. The first-order valence-electron chi connectivity index (χ1n) is 10.3. The predicted octanol–water partition coefficient (Wildman–Crippen LogP) is 4.17. The van der Waals surface area contributed by atoms with Crippen molar-refractivity contribution in [3.05, 3.63) is 64.6 Å². The van der Waals surface area contributed by atoms with Crippen LogP contribution in [0.25, 0.3) is 0 Å². The Balaban J connectivity index is 1.61. The SMILES string of the molecule is Cc1ccc([C@H]2C[C@H](C(F)(F)F)n3nc(C(=O)N(C)Cc4cn(C)nc4C)cc3N2)cc1. The molecule has 1 amide bonds. The van der Waals surface area contributed by atoms with Gasteiger partial charge in [0.2, 0.25) is 0 Å². The molecule has 1 N–H and O–H groups in total. The van der Waals surface area contributed by atoms with Gasteiger partial charge in [-0.2, -0.15) is 23.4 Å². The number of fused-ring (bicyclic) bond motifs is 1. The number of anilines is 1. The molecule has 10 heteroatoms. The molecule has 1 aliphatic heterocycles. The molecule has 0 saturated heterocycles. The van der Waals surface area contributed by atoms with Crippen molar-refractivity contribution in [3.8, 4) is 0 Å². The molecule has 170 valence electrons. The maximum Gasteiger partial charge on any atom is 0.410 e.